The first kappa shape index (κ1) is 14.1. The van der Waals surface area contributed by atoms with Gasteiger partial charge in [-0.3, -0.25) is 0 Å². The summed E-state index contributed by atoms with van der Waals surface area (Å²) >= 11 is 3.09. The third kappa shape index (κ3) is 2.53. The highest BCUT2D eigenvalue weighted by Gasteiger charge is 2.14. The van der Waals surface area contributed by atoms with Gasteiger partial charge < -0.3 is 9.30 Å². The normalized spacial score (nSPS) is 11.0. The third-order valence-electron chi connectivity index (χ3n) is 3.45. The molecule has 1 heterocycles. The van der Waals surface area contributed by atoms with Crippen LogP contribution in [0.3, 0.4) is 0 Å². The van der Waals surface area contributed by atoms with Crippen molar-refractivity contribution < 1.29 is 13.5 Å². The maximum absolute atomic E-state index is 14.1. The van der Waals surface area contributed by atoms with Gasteiger partial charge >= 0.3 is 0 Å². The zero-order valence-corrected chi connectivity index (χ0v) is 12.8. The molecule has 108 valence electrons. The van der Waals surface area contributed by atoms with Gasteiger partial charge in [0.1, 0.15) is 17.4 Å². The Labute approximate surface area is 129 Å². The number of halogens is 3. The molecule has 3 rings (SSSR count). The van der Waals surface area contributed by atoms with E-state index in [-0.39, 0.29) is 16.6 Å². The van der Waals surface area contributed by atoms with E-state index >= 15 is 0 Å². The van der Waals surface area contributed by atoms with Crippen molar-refractivity contribution in [3.8, 4) is 5.75 Å². The van der Waals surface area contributed by atoms with Crippen molar-refractivity contribution in [3.05, 3.63) is 64.3 Å². The molecule has 0 saturated heterocycles. The average molecular weight is 352 g/mol. The molecular formula is C16H12BrF2NO. The summed E-state index contributed by atoms with van der Waals surface area (Å²) in [6.07, 6.45) is 1.81. The van der Waals surface area contributed by atoms with Gasteiger partial charge in [-0.15, -0.1) is 0 Å². The number of hydrogen-bond acceptors (Lipinski definition) is 1. The highest BCUT2D eigenvalue weighted by Crippen LogP contribution is 2.26. The lowest BCUT2D eigenvalue weighted by Gasteiger charge is -2.09. The Balaban J connectivity index is 2.05. The van der Waals surface area contributed by atoms with Crippen molar-refractivity contribution in [2.45, 2.75) is 6.54 Å². The summed E-state index contributed by atoms with van der Waals surface area (Å²) in [6, 6.07) is 10.1. The SMILES string of the molecule is COc1ccc2c(ccn2Cc2c(F)ccc(Br)c2F)c1. The molecule has 0 unspecified atom stereocenters. The number of fused-ring (bicyclic) bond motifs is 1. The summed E-state index contributed by atoms with van der Waals surface area (Å²) in [5.41, 5.74) is 0.937. The minimum atomic E-state index is -0.564. The van der Waals surface area contributed by atoms with Gasteiger partial charge in [0, 0.05) is 22.7 Å². The zero-order chi connectivity index (χ0) is 15.0. The van der Waals surface area contributed by atoms with E-state index in [1.165, 1.54) is 12.1 Å². The maximum atomic E-state index is 14.1. The van der Waals surface area contributed by atoms with E-state index in [4.69, 9.17) is 4.74 Å². The topological polar surface area (TPSA) is 14.2 Å². The lowest BCUT2D eigenvalue weighted by atomic mass is 10.2. The fraction of sp³-hybridized carbons (Fsp3) is 0.125. The fourth-order valence-corrected chi connectivity index (χ4v) is 2.70. The van der Waals surface area contributed by atoms with Crippen LogP contribution in [-0.4, -0.2) is 11.7 Å². The molecule has 0 bridgehead atoms. The molecule has 0 aliphatic carbocycles. The van der Waals surface area contributed by atoms with Crippen LogP contribution in [0, 0.1) is 11.6 Å². The summed E-state index contributed by atoms with van der Waals surface area (Å²) in [7, 11) is 1.60. The Hall–Kier alpha value is -1.88. The van der Waals surface area contributed by atoms with E-state index < -0.39 is 11.6 Å². The summed E-state index contributed by atoms with van der Waals surface area (Å²) in [4.78, 5) is 0. The summed E-state index contributed by atoms with van der Waals surface area (Å²) in [5, 5.41) is 0.963. The van der Waals surface area contributed by atoms with Gasteiger partial charge in [-0.1, -0.05) is 0 Å². The Morgan fingerprint density at radius 1 is 1.14 bits per heavy atom. The smallest absolute Gasteiger partial charge is 0.145 e. The predicted molar refractivity (Wildman–Crippen MR) is 81.7 cm³/mol. The van der Waals surface area contributed by atoms with Gasteiger partial charge in [-0.25, -0.2) is 8.78 Å². The van der Waals surface area contributed by atoms with Gasteiger partial charge in [0.05, 0.1) is 18.1 Å². The van der Waals surface area contributed by atoms with Gasteiger partial charge in [0.25, 0.3) is 0 Å². The molecule has 0 N–H and O–H groups in total. The van der Waals surface area contributed by atoms with Crippen LogP contribution >= 0.6 is 15.9 Å². The number of nitrogens with zero attached hydrogens (tertiary/aromatic N) is 1. The maximum Gasteiger partial charge on any atom is 0.145 e. The molecule has 0 spiro atoms. The van der Waals surface area contributed by atoms with E-state index in [1.807, 2.05) is 35.0 Å². The Morgan fingerprint density at radius 3 is 2.71 bits per heavy atom. The Bertz CT molecular complexity index is 813. The van der Waals surface area contributed by atoms with E-state index in [9.17, 15) is 8.78 Å². The first-order valence-electron chi connectivity index (χ1n) is 6.35. The molecule has 0 amide bonds. The van der Waals surface area contributed by atoms with Gasteiger partial charge in [0.15, 0.2) is 0 Å². The Morgan fingerprint density at radius 2 is 1.95 bits per heavy atom. The number of hydrogen-bond donors (Lipinski definition) is 0. The number of rotatable bonds is 3. The first-order chi connectivity index (χ1) is 10.1. The first-order valence-corrected chi connectivity index (χ1v) is 7.14. The molecule has 2 aromatic carbocycles. The fourth-order valence-electron chi connectivity index (χ4n) is 2.33. The summed E-state index contributed by atoms with van der Waals surface area (Å²) in [6.45, 7) is 0.132. The van der Waals surface area contributed by atoms with E-state index in [0.717, 1.165) is 16.7 Å². The van der Waals surface area contributed by atoms with E-state index in [2.05, 4.69) is 15.9 Å². The van der Waals surface area contributed by atoms with Crippen molar-refractivity contribution in [3.63, 3.8) is 0 Å². The molecule has 0 fully saturated rings. The third-order valence-corrected chi connectivity index (χ3v) is 4.06. The zero-order valence-electron chi connectivity index (χ0n) is 11.2. The molecule has 0 saturated carbocycles. The lowest BCUT2D eigenvalue weighted by molar-refractivity contribution is 0.415. The molecule has 0 aliphatic heterocycles. The van der Waals surface area contributed by atoms with Crippen LogP contribution in [0.5, 0.6) is 5.75 Å². The molecule has 21 heavy (non-hydrogen) atoms. The van der Waals surface area contributed by atoms with E-state index in [1.54, 1.807) is 7.11 Å². The summed E-state index contributed by atoms with van der Waals surface area (Å²) < 4.78 is 35.1. The molecule has 2 nitrogen and oxygen atoms in total. The van der Waals surface area contributed by atoms with Crippen molar-refractivity contribution in [2.24, 2.45) is 0 Å². The quantitative estimate of drug-likeness (QED) is 0.621. The van der Waals surface area contributed by atoms with Crippen molar-refractivity contribution >= 4 is 26.8 Å². The van der Waals surface area contributed by atoms with Crippen LogP contribution in [0.2, 0.25) is 0 Å². The highest BCUT2D eigenvalue weighted by molar-refractivity contribution is 9.10. The minimum Gasteiger partial charge on any atom is -0.497 e. The second-order valence-electron chi connectivity index (χ2n) is 4.69. The molecule has 0 radical (unpaired) electrons. The number of methoxy groups -OCH3 is 1. The van der Waals surface area contributed by atoms with Crippen LogP contribution in [0.25, 0.3) is 10.9 Å². The molecule has 0 atom stereocenters. The van der Waals surface area contributed by atoms with Gasteiger partial charge in [-0.2, -0.15) is 0 Å². The van der Waals surface area contributed by atoms with Crippen molar-refractivity contribution in [1.29, 1.82) is 0 Å². The summed E-state index contributed by atoms with van der Waals surface area (Å²) in [5.74, 6) is -0.364. The molecular weight excluding hydrogens is 340 g/mol. The van der Waals surface area contributed by atoms with Gasteiger partial charge in [-0.05, 0) is 52.3 Å². The second kappa shape index (κ2) is 5.48. The van der Waals surface area contributed by atoms with Crippen LogP contribution in [-0.2, 0) is 6.54 Å². The van der Waals surface area contributed by atoms with Crippen LogP contribution < -0.4 is 4.74 Å². The van der Waals surface area contributed by atoms with E-state index in [0.29, 0.717) is 0 Å². The molecule has 3 aromatic rings. The highest BCUT2D eigenvalue weighted by atomic mass is 79.9. The average Bonchev–Trinajstić information content (AvgIpc) is 2.89. The van der Waals surface area contributed by atoms with Crippen LogP contribution in [0.1, 0.15) is 5.56 Å². The number of aromatic nitrogens is 1. The standard InChI is InChI=1S/C16H12BrF2NO/c1-21-11-2-5-15-10(8-11)6-7-20(15)9-12-14(18)4-3-13(17)16(12)19/h2-8H,9H2,1H3. The largest absolute Gasteiger partial charge is 0.497 e. The minimum absolute atomic E-state index is 0.0395. The second-order valence-corrected chi connectivity index (χ2v) is 5.54. The monoisotopic (exact) mass is 351 g/mol. The predicted octanol–water partition coefficient (Wildman–Crippen LogP) is 4.74. The van der Waals surface area contributed by atoms with Crippen LogP contribution in [0.15, 0.2) is 47.1 Å². The van der Waals surface area contributed by atoms with Crippen LogP contribution in [0.4, 0.5) is 8.78 Å². The molecule has 0 aliphatic rings. The number of benzene rings is 2. The van der Waals surface area contributed by atoms with Crippen molar-refractivity contribution in [2.75, 3.05) is 7.11 Å². The van der Waals surface area contributed by atoms with Crippen molar-refractivity contribution in [1.82, 2.24) is 4.57 Å². The van der Waals surface area contributed by atoms with Gasteiger partial charge in [0.2, 0.25) is 0 Å². The number of ether oxygens (including phenoxy) is 1. The Kier molecular flexibility index (Phi) is 3.68. The lowest BCUT2D eigenvalue weighted by Crippen LogP contribution is -2.04. The molecule has 5 heteroatoms. The molecule has 1 aromatic heterocycles.